The van der Waals surface area contributed by atoms with Crippen LogP contribution in [0.2, 0.25) is 0 Å². The maximum absolute atomic E-state index is 13.4. The predicted octanol–water partition coefficient (Wildman–Crippen LogP) is 4.26. The van der Waals surface area contributed by atoms with Crippen LogP contribution in [0.1, 0.15) is 59.6 Å². The highest BCUT2D eigenvalue weighted by Gasteiger charge is 2.34. The summed E-state index contributed by atoms with van der Waals surface area (Å²) in [6.45, 7) is 13.0. The average molecular weight is 485 g/mol. The number of amides is 2. The van der Waals surface area contributed by atoms with Gasteiger partial charge in [0.15, 0.2) is 0 Å². The van der Waals surface area contributed by atoms with Crippen LogP contribution in [0, 0.1) is 5.92 Å². The van der Waals surface area contributed by atoms with E-state index in [1.54, 1.807) is 4.90 Å². The Morgan fingerprint density at radius 2 is 1.78 bits per heavy atom. The second kappa shape index (κ2) is 10.0. The number of likely N-dealkylation sites (tertiary alicyclic amines) is 1. The highest BCUT2D eigenvalue weighted by molar-refractivity contribution is 6.38. The largest absolute Gasteiger partial charge is 0.444 e. The van der Waals surface area contributed by atoms with E-state index in [2.05, 4.69) is 17.6 Å². The molecule has 1 unspecified atom stereocenters. The molecule has 1 fully saturated rings. The van der Waals surface area contributed by atoms with Gasteiger partial charge in [-0.2, -0.15) is 0 Å². The Balaban J connectivity index is 1.43. The van der Waals surface area contributed by atoms with E-state index in [1.807, 2.05) is 77.1 Å². The van der Waals surface area contributed by atoms with Gasteiger partial charge in [-0.3, -0.25) is 4.79 Å². The van der Waals surface area contributed by atoms with Gasteiger partial charge in [0, 0.05) is 24.4 Å². The zero-order valence-electron chi connectivity index (χ0n) is 22.1. The monoisotopic (exact) mass is 485 g/mol. The zero-order valence-corrected chi connectivity index (χ0v) is 22.1. The lowest BCUT2D eigenvalue weighted by molar-refractivity contribution is -0.117. The van der Waals surface area contributed by atoms with Gasteiger partial charge in [0.25, 0.3) is 5.91 Å². The molecule has 1 saturated heterocycles. The summed E-state index contributed by atoms with van der Waals surface area (Å²) in [7, 11) is 6.16. The zero-order chi connectivity index (χ0) is 26.2. The van der Waals surface area contributed by atoms with E-state index in [4.69, 9.17) is 12.6 Å². The molecule has 6 nitrogen and oxygen atoms in total. The van der Waals surface area contributed by atoms with Crippen molar-refractivity contribution in [2.75, 3.05) is 13.1 Å². The Kier molecular flexibility index (Phi) is 7.21. The molecular formula is C29H36BN3O3. The molecule has 2 aliphatic rings. The number of allylic oxidation sites excluding steroid dienone is 2. The number of benzene rings is 2. The Labute approximate surface area is 215 Å². The predicted molar refractivity (Wildman–Crippen MR) is 145 cm³/mol. The summed E-state index contributed by atoms with van der Waals surface area (Å²) in [6.07, 6.45) is 2.52. The van der Waals surface area contributed by atoms with Gasteiger partial charge < -0.3 is 20.3 Å². The maximum atomic E-state index is 13.4. The second-order valence-corrected chi connectivity index (χ2v) is 11.1. The van der Waals surface area contributed by atoms with Crippen molar-refractivity contribution < 1.29 is 14.3 Å². The molecule has 0 saturated carbocycles. The first kappa shape index (κ1) is 25.9. The first-order valence-corrected chi connectivity index (χ1v) is 12.7. The third-order valence-corrected chi connectivity index (χ3v) is 6.98. The van der Waals surface area contributed by atoms with Crippen LogP contribution in [0.4, 0.5) is 4.79 Å². The number of fused-ring (bicyclic) bond motifs is 1. The van der Waals surface area contributed by atoms with E-state index in [0.29, 0.717) is 18.7 Å². The van der Waals surface area contributed by atoms with Gasteiger partial charge in [-0.25, -0.2) is 4.79 Å². The number of hydrogen-bond donors (Lipinski definition) is 2. The Bertz CT molecular complexity index is 1240. The summed E-state index contributed by atoms with van der Waals surface area (Å²) in [4.78, 5) is 27.3. The minimum atomic E-state index is -0.503. The van der Waals surface area contributed by atoms with E-state index in [-0.39, 0.29) is 30.0 Å². The number of carbonyl (C=O) groups is 2. The van der Waals surface area contributed by atoms with Crippen LogP contribution >= 0.6 is 0 Å². The molecule has 2 aromatic carbocycles. The average Bonchev–Trinajstić information content (AvgIpc) is 2.77. The Hall–Kier alpha value is -3.22. The highest BCUT2D eigenvalue weighted by atomic mass is 16.6. The minimum absolute atomic E-state index is 0.0873. The highest BCUT2D eigenvalue weighted by Crippen LogP contribution is 2.30. The molecule has 7 heteroatoms. The number of nitrogens with zero attached hydrogens (tertiary/aromatic N) is 1. The Morgan fingerprint density at radius 1 is 1.11 bits per heavy atom. The summed E-state index contributed by atoms with van der Waals surface area (Å²) < 4.78 is 5.44. The van der Waals surface area contributed by atoms with Crippen molar-refractivity contribution in [1.82, 2.24) is 15.5 Å². The van der Waals surface area contributed by atoms with Gasteiger partial charge in [-0.1, -0.05) is 54.4 Å². The van der Waals surface area contributed by atoms with Crippen LogP contribution in [0.3, 0.4) is 0 Å². The normalized spacial score (nSPS) is 19.4. The fourth-order valence-electron chi connectivity index (χ4n) is 4.82. The van der Waals surface area contributed by atoms with Crippen molar-refractivity contribution >= 4 is 36.1 Å². The van der Waals surface area contributed by atoms with Gasteiger partial charge in [-0.05, 0) is 69.4 Å². The molecule has 1 aliphatic heterocycles. The molecule has 188 valence electrons. The first-order chi connectivity index (χ1) is 16.9. The lowest BCUT2D eigenvalue weighted by Crippen LogP contribution is -2.60. The van der Waals surface area contributed by atoms with Crippen LogP contribution in [0.15, 0.2) is 59.3 Å². The fourth-order valence-corrected chi connectivity index (χ4v) is 4.82. The van der Waals surface area contributed by atoms with E-state index < -0.39 is 5.60 Å². The van der Waals surface area contributed by atoms with Gasteiger partial charge in [0.05, 0.1) is 12.1 Å². The summed E-state index contributed by atoms with van der Waals surface area (Å²) in [5.74, 6) is 0.156. The molecule has 2 amide bonds. The van der Waals surface area contributed by atoms with E-state index in [0.717, 1.165) is 39.5 Å². The van der Waals surface area contributed by atoms with Crippen molar-refractivity contribution in [2.24, 2.45) is 5.92 Å². The lowest BCUT2D eigenvalue weighted by atomic mass is 9.86. The van der Waals surface area contributed by atoms with Gasteiger partial charge in [0.1, 0.15) is 13.4 Å². The van der Waals surface area contributed by atoms with Gasteiger partial charge >= 0.3 is 6.09 Å². The van der Waals surface area contributed by atoms with E-state index in [9.17, 15) is 9.59 Å². The third-order valence-electron chi connectivity index (χ3n) is 6.98. The molecule has 2 radical (unpaired) electrons. The van der Waals surface area contributed by atoms with Gasteiger partial charge in [-0.15, -0.1) is 0 Å². The number of nitrogens with one attached hydrogen (secondary N) is 2. The number of rotatable bonds is 5. The fraction of sp³-hybridized carbons (Fsp3) is 0.448. The van der Waals surface area contributed by atoms with Crippen molar-refractivity contribution in [3.05, 3.63) is 64.9 Å². The summed E-state index contributed by atoms with van der Waals surface area (Å²) in [6, 6.07) is 11.9. The van der Waals surface area contributed by atoms with Crippen LogP contribution in [0.25, 0.3) is 10.8 Å². The summed E-state index contributed by atoms with van der Waals surface area (Å²) in [5, 5.41) is 8.77. The molecule has 36 heavy (non-hydrogen) atoms. The lowest BCUT2D eigenvalue weighted by Gasteiger charge is -2.41. The molecule has 2 N–H and O–H groups in total. The van der Waals surface area contributed by atoms with E-state index in [1.165, 1.54) is 0 Å². The molecule has 0 aromatic heterocycles. The van der Waals surface area contributed by atoms with Crippen LogP contribution in [-0.2, 0) is 9.53 Å². The van der Waals surface area contributed by atoms with E-state index >= 15 is 0 Å². The molecule has 4 rings (SSSR count). The Morgan fingerprint density at radius 3 is 2.44 bits per heavy atom. The molecule has 1 aliphatic carbocycles. The number of hydrogen-bond acceptors (Lipinski definition) is 4. The van der Waals surface area contributed by atoms with Crippen LogP contribution in [0.5, 0.6) is 0 Å². The SMILES string of the molecule is [B]c1ccc([C@@H](C)NC(=O)C2=C(C)C(C)CC(NC3CN(C(=O)OC(C)(C)C)C3)=C2)c2ccccc12. The standard InChI is InChI=1S/C29H36BN3O3/c1-17-13-20(32-21-15-33(16-21)28(35)36-29(4,5)6)14-25(18(17)2)27(34)31-19(3)22-11-12-26(30)24-10-8-7-9-23(22)24/h7-12,14,17,19,21,32H,13,15-16H2,1-6H3,(H,31,34)/t17?,19-/m1/s1. The molecule has 1 heterocycles. The minimum Gasteiger partial charge on any atom is -0.444 e. The molecule has 0 bridgehead atoms. The topological polar surface area (TPSA) is 70.7 Å². The molecule has 2 aromatic rings. The second-order valence-electron chi connectivity index (χ2n) is 11.1. The van der Waals surface area contributed by atoms with Gasteiger partial charge in [0.2, 0.25) is 0 Å². The van der Waals surface area contributed by atoms with Crippen molar-refractivity contribution in [3.8, 4) is 0 Å². The first-order valence-electron chi connectivity index (χ1n) is 12.7. The quantitative estimate of drug-likeness (QED) is 0.621. The van der Waals surface area contributed by atoms with Crippen LogP contribution in [-0.4, -0.2) is 49.5 Å². The van der Waals surface area contributed by atoms with Crippen molar-refractivity contribution in [1.29, 1.82) is 0 Å². The van der Waals surface area contributed by atoms with Crippen LogP contribution < -0.4 is 16.1 Å². The summed E-state index contributed by atoms with van der Waals surface area (Å²) in [5.41, 5.74) is 4.07. The van der Waals surface area contributed by atoms with Crippen molar-refractivity contribution in [2.45, 2.75) is 65.6 Å². The molecule has 2 atom stereocenters. The number of ether oxygens (including phenoxy) is 1. The summed E-state index contributed by atoms with van der Waals surface area (Å²) >= 11 is 0. The maximum Gasteiger partial charge on any atom is 0.410 e. The smallest absolute Gasteiger partial charge is 0.410 e. The molecule has 0 spiro atoms. The number of carbonyl (C=O) groups excluding carboxylic acids is 2. The third kappa shape index (κ3) is 5.61. The molecular weight excluding hydrogens is 449 g/mol. The van der Waals surface area contributed by atoms with Crippen molar-refractivity contribution in [3.63, 3.8) is 0 Å².